The Hall–Kier alpha value is -1.85. The lowest BCUT2D eigenvalue weighted by Crippen LogP contribution is -2.37. The van der Waals surface area contributed by atoms with E-state index < -0.39 is 6.10 Å². The van der Waals surface area contributed by atoms with Crippen molar-refractivity contribution in [2.24, 2.45) is 0 Å². The van der Waals surface area contributed by atoms with E-state index in [1.54, 1.807) is 17.0 Å². The lowest BCUT2D eigenvalue weighted by atomic mass is 10.1. The van der Waals surface area contributed by atoms with Crippen molar-refractivity contribution in [3.05, 3.63) is 35.6 Å². The molecule has 1 aromatic carbocycles. The van der Waals surface area contributed by atoms with E-state index in [2.05, 4.69) is 0 Å². The Labute approximate surface area is 116 Å². The third-order valence-corrected chi connectivity index (χ3v) is 3.42. The Balaban J connectivity index is 1.87. The number of carbonyl (C=O) groups excluding carboxylic acids is 1. The highest BCUT2D eigenvalue weighted by Gasteiger charge is 2.22. The molecule has 1 aromatic heterocycles. The van der Waals surface area contributed by atoms with Gasteiger partial charge in [0.05, 0.1) is 19.3 Å². The number of rotatable bonds is 1. The molecule has 5 nitrogen and oxygen atoms in total. The first-order valence-electron chi connectivity index (χ1n) is 6.69. The van der Waals surface area contributed by atoms with Gasteiger partial charge in [-0.25, -0.2) is 0 Å². The third-order valence-electron chi connectivity index (χ3n) is 3.42. The molecular weight excluding hydrogens is 258 g/mol. The van der Waals surface area contributed by atoms with Crippen molar-refractivity contribution in [3.63, 3.8) is 0 Å². The van der Waals surface area contributed by atoms with Gasteiger partial charge in [0, 0.05) is 24.0 Å². The molecule has 0 saturated carbocycles. The van der Waals surface area contributed by atoms with Gasteiger partial charge in [0.1, 0.15) is 11.3 Å². The maximum atomic E-state index is 12.5. The number of amides is 1. The standard InChI is InChI=1S/C15H17NO4/c1-10-6-12-7-11(2-3-14(12)20-10)15(18)16-4-5-19-9-13(17)8-16/h2-3,6-7,13,17H,4-5,8-9H2,1H3/t13-/m1/s1. The number of aryl methyl sites for hydroxylation is 1. The minimum Gasteiger partial charge on any atom is -0.461 e. The summed E-state index contributed by atoms with van der Waals surface area (Å²) in [6, 6.07) is 7.30. The zero-order chi connectivity index (χ0) is 14.1. The molecule has 0 bridgehead atoms. The summed E-state index contributed by atoms with van der Waals surface area (Å²) >= 11 is 0. The van der Waals surface area contributed by atoms with Crippen molar-refractivity contribution in [2.75, 3.05) is 26.3 Å². The van der Waals surface area contributed by atoms with E-state index in [4.69, 9.17) is 9.15 Å². The van der Waals surface area contributed by atoms with Crippen LogP contribution in [-0.2, 0) is 4.74 Å². The number of ether oxygens (including phenoxy) is 1. The Morgan fingerprint density at radius 3 is 3.10 bits per heavy atom. The first kappa shape index (κ1) is 13.1. The summed E-state index contributed by atoms with van der Waals surface area (Å²) in [7, 11) is 0. The maximum absolute atomic E-state index is 12.5. The fraction of sp³-hybridized carbons (Fsp3) is 0.400. The third kappa shape index (κ3) is 2.55. The molecule has 2 heterocycles. The molecule has 1 N–H and O–H groups in total. The topological polar surface area (TPSA) is 62.9 Å². The lowest BCUT2D eigenvalue weighted by molar-refractivity contribution is 0.0534. The second-order valence-electron chi connectivity index (χ2n) is 5.09. The summed E-state index contributed by atoms with van der Waals surface area (Å²) in [5.74, 6) is 0.735. The Morgan fingerprint density at radius 2 is 2.25 bits per heavy atom. The minimum absolute atomic E-state index is 0.0877. The van der Waals surface area contributed by atoms with Crippen molar-refractivity contribution in [3.8, 4) is 0 Å². The minimum atomic E-state index is -0.624. The molecular formula is C15H17NO4. The second kappa shape index (κ2) is 5.26. The molecule has 0 spiro atoms. The molecule has 1 saturated heterocycles. The number of furan rings is 1. The number of aliphatic hydroxyl groups is 1. The summed E-state index contributed by atoms with van der Waals surface area (Å²) in [5.41, 5.74) is 1.38. The van der Waals surface area contributed by atoms with Crippen LogP contribution in [0.15, 0.2) is 28.7 Å². The predicted molar refractivity (Wildman–Crippen MR) is 73.7 cm³/mol. The SMILES string of the molecule is Cc1cc2cc(C(=O)N3CCOC[C@H](O)C3)ccc2o1. The number of benzene rings is 1. The second-order valence-corrected chi connectivity index (χ2v) is 5.09. The van der Waals surface area contributed by atoms with Crippen molar-refractivity contribution in [2.45, 2.75) is 13.0 Å². The Morgan fingerprint density at radius 1 is 1.40 bits per heavy atom. The van der Waals surface area contributed by atoms with Crippen LogP contribution in [0.3, 0.4) is 0 Å². The van der Waals surface area contributed by atoms with Gasteiger partial charge in [0.15, 0.2) is 0 Å². The number of fused-ring (bicyclic) bond motifs is 1. The maximum Gasteiger partial charge on any atom is 0.254 e. The Bertz CT molecular complexity index is 634. The summed E-state index contributed by atoms with van der Waals surface area (Å²) in [5, 5.41) is 10.6. The van der Waals surface area contributed by atoms with E-state index in [0.717, 1.165) is 16.7 Å². The van der Waals surface area contributed by atoms with E-state index in [1.165, 1.54) is 0 Å². The van der Waals surface area contributed by atoms with Crippen molar-refractivity contribution < 1.29 is 19.1 Å². The van der Waals surface area contributed by atoms with E-state index in [-0.39, 0.29) is 12.5 Å². The molecule has 0 unspecified atom stereocenters. The van der Waals surface area contributed by atoms with Crippen LogP contribution in [0.1, 0.15) is 16.1 Å². The number of hydrogen-bond acceptors (Lipinski definition) is 4. The van der Waals surface area contributed by atoms with E-state index >= 15 is 0 Å². The molecule has 1 aliphatic rings. The van der Waals surface area contributed by atoms with Crippen LogP contribution in [0.5, 0.6) is 0 Å². The largest absolute Gasteiger partial charge is 0.461 e. The van der Waals surface area contributed by atoms with Gasteiger partial charge in [-0.3, -0.25) is 4.79 Å². The quantitative estimate of drug-likeness (QED) is 0.858. The van der Waals surface area contributed by atoms with Crippen LogP contribution in [0.25, 0.3) is 11.0 Å². The molecule has 5 heteroatoms. The molecule has 2 aromatic rings. The van der Waals surface area contributed by atoms with Gasteiger partial charge in [-0.05, 0) is 31.2 Å². The normalized spacial score (nSPS) is 20.1. The highest BCUT2D eigenvalue weighted by molar-refractivity contribution is 5.97. The van der Waals surface area contributed by atoms with E-state index in [0.29, 0.717) is 25.3 Å². The summed E-state index contributed by atoms with van der Waals surface area (Å²) in [6.45, 7) is 3.42. The number of hydrogen-bond donors (Lipinski definition) is 1. The van der Waals surface area contributed by atoms with Crippen LogP contribution in [0.2, 0.25) is 0 Å². The molecule has 1 fully saturated rings. The first-order chi connectivity index (χ1) is 9.63. The van der Waals surface area contributed by atoms with E-state index in [9.17, 15) is 9.90 Å². The Kier molecular flexibility index (Phi) is 3.46. The van der Waals surface area contributed by atoms with Crippen LogP contribution in [-0.4, -0.2) is 48.3 Å². The predicted octanol–water partition coefficient (Wildman–Crippen LogP) is 1.57. The zero-order valence-electron chi connectivity index (χ0n) is 11.3. The van der Waals surface area contributed by atoms with Crippen molar-refractivity contribution >= 4 is 16.9 Å². The lowest BCUT2D eigenvalue weighted by Gasteiger charge is -2.21. The fourth-order valence-corrected chi connectivity index (χ4v) is 2.47. The molecule has 0 aliphatic carbocycles. The van der Waals surface area contributed by atoms with Crippen LogP contribution in [0.4, 0.5) is 0 Å². The number of aliphatic hydroxyl groups excluding tert-OH is 1. The van der Waals surface area contributed by atoms with Gasteiger partial charge in [-0.1, -0.05) is 0 Å². The van der Waals surface area contributed by atoms with Gasteiger partial charge in [0.25, 0.3) is 5.91 Å². The van der Waals surface area contributed by atoms with Crippen LogP contribution in [0, 0.1) is 6.92 Å². The highest BCUT2D eigenvalue weighted by atomic mass is 16.5. The first-order valence-corrected chi connectivity index (χ1v) is 6.69. The number of carbonyl (C=O) groups is 1. The van der Waals surface area contributed by atoms with Crippen molar-refractivity contribution in [1.82, 2.24) is 4.90 Å². The molecule has 1 amide bonds. The highest BCUT2D eigenvalue weighted by Crippen LogP contribution is 2.21. The van der Waals surface area contributed by atoms with Gasteiger partial charge in [0.2, 0.25) is 0 Å². The summed E-state index contributed by atoms with van der Waals surface area (Å²) < 4.78 is 10.7. The van der Waals surface area contributed by atoms with Crippen LogP contribution < -0.4 is 0 Å². The average Bonchev–Trinajstić information content (AvgIpc) is 2.65. The van der Waals surface area contributed by atoms with E-state index in [1.807, 2.05) is 19.1 Å². The monoisotopic (exact) mass is 275 g/mol. The molecule has 20 heavy (non-hydrogen) atoms. The van der Waals surface area contributed by atoms with Gasteiger partial charge >= 0.3 is 0 Å². The van der Waals surface area contributed by atoms with Gasteiger partial charge in [-0.2, -0.15) is 0 Å². The number of β-amino-alcohol motifs (C(OH)–C–C–N with tert-alkyl or cyclic N) is 1. The molecule has 1 aliphatic heterocycles. The van der Waals surface area contributed by atoms with Crippen LogP contribution >= 0.6 is 0 Å². The smallest absolute Gasteiger partial charge is 0.254 e. The summed E-state index contributed by atoms with van der Waals surface area (Å²) in [4.78, 5) is 14.1. The van der Waals surface area contributed by atoms with Gasteiger partial charge in [-0.15, -0.1) is 0 Å². The fourth-order valence-electron chi connectivity index (χ4n) is 2.47. The molecule has 0 radical (unpaired) electrons. The average molecular weight is 275 g/mol. The molecule has 1 atom stereocenters. The molecule has 106 valence electrons. The molecule has 3 rings (SSSR count). The zero-order valence-corrected chi connectivity index (χ0v) is 11.3. The number of nitrogens with zero attached hydrogens (tertiary/aromatic N) is 1. The van der Waals surface area contributed by atoms with Crippen molar-refractivity contribution in [1.29, 1.82) is 0 Å². The van der Waals surface area contributed by atoms with Gasteiger partial charge < -0.3 is 19.2 Å². The summed E-state index contributed by atoms with van der Waals surface area (Å²) in [6.07, 6.45) is -0.624.